The summed E-state index contributed by atoms with van der Waals surface area (Å²) < 4.78 is 44.9. The van der Waals surface area contributed by atoms with Crippen LogP contribution in [-0.4, -0.2) is 68.2 Å². The van der Waals surface area contributed by atoms with Crippen molar-refractivity contribution in [3.05, 3.63) is 71.8 Å². The summed E-state index contributed by atoms with van der Waals surface area (Å²) in [5.74, 6) is -0.691. The predicted octanol–water partition coefficient (Wildman–Crippen LogP) is 0.852. The minimum atomic E-state index is -3.99. The highest BCUT2D eigenvalue weighted by molar-refractivity contribution is 7.86. The van der Waals surface area contributed by atoms with Crippen molar-refractivity contribution in [1.82, 2.24) is 0 Å². The summed E-state index contributed by atoms with van der Waals surface area (Å²) in [4.78, 5) is 12.3. The molecular weight excluding hydrogens is 428 g/mol. The number of hydrogen-bond donors (Lipinski definition) is 2. The molecule has 0 saturated carbocycles. The molecule has 2 N–H and O–H groups in total. The lowest BCUT2D eigenvalue weighted by molar-refractivity contribution is -0.147. The third kappa shape index (κ3) is 6.57. The summed E-state index contributed by atoms with van der Waals surface area (Å²) in [7, 11) is -3.99. The first kappa shape index (κ1) is 23.3. The van der Waals surface area contributed by atoms with Crippen molar-refractivity contribution in [2.75, 3.05) is 12.9 Å². The molecule has 0 aromatic heterocycles. The van der Waals surface area contributed by atoms with Crippen LogP contribution in [0.4, 0.5) is 0 Å². The first-order chi connectivity index (χ1) is 14.7. The molecule has 0 aliphatic carbocycles. The molecule has 31 heavy (non-hydrogen) atoms. The molecule has 0 spiro atoms. The van der Waals surface area contributed by atoms with Crippen LogP contribution in [0.3, 0.4) is 0 Å². The Morgan fingerprint density at radius 3 is 2.29 bits per heavy atom. The summed E-state index contributed by atoms with van der Waals surface area (Å²) in [6, 6.07) is 17.2. The van der Waals surface area contributed by atoms with Gasteiger partial charge in [-0.3, -0.25) is 4.18 Å². The largest absolute Gasteiger partial charge is 0.459 e. The van der Waals surface area contributed by atoms with E-state index in [9.17, 15) is 23.4 Å². The zero-order valence-electron chi connectivity index (χ0n) is 16.7. The van der Waals surface area contributed by atoms with Crippen LogP contribution in [0.1, 0.15) is 15.9 Å². The van der Waals surface area contributed by atoms with Crippen molar-refractivity contribution in [2.45, 2.75) is 37.3 Å². The van der Waals surface area contributed by atoms with Gasteiger partial charge in [0.05, 0.1) is 18.4 Å². The number of carbonyl (C=O) groups is 1. The Kier molecular flexibility index (Phi) is 7.76. The Morgan fingerprint density at radius 1 is 1.06 bits per heavy atom. The van der Waals surface area contributed by atoms with Gasteiger partial charge in [-0.05, 0) is 17.7 Å². The topological polar surface area (TPSA) is 129 Å². The van der Waals surface area contributed by atoms with Crippen LogP contribution < -0.4 is 0 Å². The average molecular weight is 452 g/mol. The van der Waals surface area contributed by atoms with Gasteiger partial charge in [-0.25, -0.2) is 4.79 Å². The van der Waals surface area contributed by atoms with E-state index < -0.39 is 53.4 Å². The number of rotatable bonds is 9. The van der Waals surface area contributed by atoms with Crippen molar-refractivity contribution in [3.63, 3.8) is 0 Å². The van der Waals surface area contributed by atoms with E-state index in [4.69, 9.17) is 18.4 Å². The highest BCUT2D eigenvalue weighted by atomic mass is 32.2. The number of benzene rings is 2. The van der Waals surface area contributed by atoms with Gasteiger partial charge in [-0.2, -0.15) is 8.42 Å². The highest BCUT2D eigenvalue weighted by Gasteiger charge is 2.49. The molecule has 0 amide bonds. The lowest BCUT2D eigenvalue weighted by Gasteiger charge is -2.27. The second-order valence-electron chi connectivity index (χ2n) is 7.05. The molecule has 0 bridgehead atoms. The fourth-order valence-electron chi connectivity index (χ4n) is 3.15. The zero-order valence-corrected chi connectivity index (χ0v) is 17.6. The maximum absolute atomic E-state index is 12.3. The lowest BCUT2D eigenvalue weighted by atomic mass is 10.1. The van der Waals surface area contributed by atoms with Crippen LogP contribution >= 0.6 is 0 Å². The summed E-state index contributed by atoms with van der Waals surface area (Å²) in [5, 5.41) is 20.3. The maximum atomic E-state index is 12.3. The standard InChI is InChI=1S/C21H24O9S/c1-31(25,26)30-16(13-28-20(23)15-10-6-3-7-11-15)18-19(17(22)21(24)29-18)27-12-14-8-4-2-5-9-14/h2-11,16-19,21-22,24H,12-13H2,1H3/t16-,17?,18-,19+,21-/m1/s1. The van der Waals surface area contributed by atoms with E-state index in [-0.39, 0.29) is 12.2 Å². The van der Waals surface area contributed by atoms with Gasteiger partial charge in [0.15, 0.2) is 6.29 Å². The molecule has 2 aromatic rings. The van der Waals surface area contributed by atoms with Gasteiger partial charge in [0, 0.05) is 0 Å². The minimum absolute atomic E-state index is 0.0740. The van der Waals surface area contributed by atoms with E-state index in [2.05, 4.69) is 0 Å². The predicted molar refractivity (Wildman–Crippen MR) is 108 cm³/mol. The molecule has 1 aliphatic rings. The Hall–Kier alpha value is -2.34. The summed E-state index contributed by atoms with van der Waals surface area (Å²) in [6.07, 6.45) is -5.94. The number of aliphatic hydroxyl groups excluding tert-OH is 2. The van der Waals surface area contributed by atoms with Crippen molar-refractivity contribution < 1.29 is 41.8 Å². The molecule has 1 saturated heterocycles. The van der Waals surface area contributed by atoms with Crippen LogP contribution in [0.2, 0.25) is 0 Å². The molecular formula is C21H24O9S. The molecule has 1 heterocycles. The Balaban J connectivity index is 1.74. The third-order valence-corrected chi connectivity index (χ3v) is 5.18. The lowest BCUT2D eigenvalue weighted by Crippen LogP contribution is -2.45. The summed E-state index contributed by atoms with van der Waals surface area (Å²) in [5.41, 5.74) is 1.07. The number of carbonyl (C=O) groups excluding carboxylic acids is 1. The van der Waals surface area contributed by atoms with Crippen LogP contribution in [0.5, 0.6) is 0 Å². The van der Waals surface area contributed by atoms with E-state index in [1.165, 1.54) is 0 Å². The monoisotopic (exact) mass is 452 g/mol. The molecule has 1 fully saturated rings. The smallest absolute Gasteiger partial charge is 0.338 e. The Labute approximate surface area is 180 Å². The fraction of sp³-hybridized carbons (Fsp3) is 0.381. The normalized spacial score (nSPS) is 24.6. The van der Waals surface area contributed by atoms with Gasteiger partial charge in [0.1, 0.15) is 31.0 Å². The zero-order chi connectivity index (χ0) is 22.4. The van der Waals surface area contributed by atoms with Crippen molar-refractivity contribution in [3.8, 4) is 0 Å². The quantitative estimate of drug-likeness (QED) is 0.420. The fourth-order valence-corrected chi connectivity index (χ4v) is 3.77. The van der Waals surface area contributed by atoms with Crippen molar-refractivity contribution >= 4 is 16.1 Å². The molecule has 3 rings (SSSR count). The van der Waals surface area contributed by atoms with Crippen LogP contribution in [0, 0.1) is 0 Å². The number of ether oxygens (including phenoxy) is 3. The average Bonchev–Trinajstić information content (AvgIpc) is 3.03. The third-order valence-electron chi connectivity index (χ3n) is 4.59. The Morgan fingerprint density at radius 2 is 1.68 bits per heavy atom. The summed E-state index contributed by atoms with van der Waals surface area (Å²) >= 11 is 0. The van der Waals surface area contributed by atoms with Crippen LogP contribution in [0.15, 0.2) is 60.7 Å². The minimum Gasteiger partial charge on any atom is -0.459 e. The van der Waals surface area contributed by atoms with Gasteiger partial charge in [0.2, 0.25) is 0 Å². The molecule has 5 atom stereocenters. The molecule has 9 nitrogen and oxygen atoms in total. The second-order valence-corrected chi connectivity index (χ2v) is 8.65. The van der Waals surface area contributed by atoms with Crippen LogP contribution in [-0.2, 0) is 35.1 Å². The number of aliphatic hydroxyl groups is 2. The van der Waals surface area contributed by atoms with E-state index >= 15 is 0 Å². The van der Waals surface area contributed by atoms with E-state index in [0.717, 1.165) is 11.8 Å². The van der Waals surface area contributed by atoms with Crippen molar-refractivity contribution in [1.29, 1.82) is 0 Å². The first-order valence-electron chi connectivity index (χ1n) is 9.52. The van der Waals surface area contributed by atoms with Crippen LogP contribution in [0.25, 0.3) is 0 Å². The van der Waals surface area contributed by atoms with Gasteiger partial charge < -0.3 is 24.4 Å². The van der Waals surface area contributed by atoms with Gasteiger partial charge in [-0.15, -0.1) is 0 Å². The van der Waals surface area contributed by atoms with Gasteiger partial charge in [-0.1, -0.05) is 48.5 Å². The van der Waals surface area contributed by atoms with Gasteiger partial charge in [0.25, 0.3) is 10.1 Å². The molecule has 2 aromatic carbocycles. The number of esters is 1. The molecule has 1 aliphatic heterocycles. The van der Waals surface area contributed by atoms with Gasteiger partial charge >= 0.3 is 5.97 Å². The van der Waals surface area contributed by atoms with E-state index in [0.29, 0.717) is 0 Å². The maximum Gasteiger partial charge on any atom is 0.338 e. The second kappa shape index (κ2) is 10.3. The first-order valence-corrected chi connectivity index (χ1v) is 11.3. The molecule has 10 heteroatoms. The Bertz CT molecular complexity index is 949. The molecule has 168 valence electrons. The SMILES string of the molecule is CS(=O)(=O)O[C@H](COC(=O)c1ccccc1)[C@H]1O[C@@H](O)C(O)[C@@H]1OCc1ccccc1. The molecule has 0 radical (unpaired) electrons. The molecule has 1 unspecified atom stereocenters. The van der Waals surface area contributed by atoms with E-state index in [1.807, 2.05) is 18.2 Å². The summed E-state index contributed by atoms with van der Waals surface area (Å²) in [6.45, 7) is -0.430. The van der Waals surface area contributed by atoms with Crippen molar-refractivity contribution in [2.24, 2.45) is 0 Å². The highest BCUT2D eigenvalue weighted by Crippen LogP contribution is 2.28. The number of hydrogen-bond acceptors (Lipinski definition) is 9. The van der Waals surface area contributed by atoms with E-state index in [1.54, 1.807) is 42.5 Å².